The van der Waals surface area contributed by atoms with Crippen molar-refractivity contribution in [3.8, 4) is 0 Å². The highest BCUT2D eigenvalue weighted by Gasteiger charge is 2.14. The maximum atomic E-state index is 11.5. The Morgan fingerprint density at radius 3 is 2.60 bits per heavy atom. The van der Waals surface area contributed by atoms with Crippen LogP contribution >= 0.6 is 0 Å². The summed E-state index contributed by atoms with van der Waals surface area (Å²) in [7, 11) is -2.37. The van der Waals surface area contributed by atoms with Crippen LogP contribution in [0.15, 0.2) is 30.3 Å². The molecule has 0 unspecified atom stereocenters. The van der Waals surface area contributed by atoms with Gasteiger partial charge >= 0.3 is 16.3 Å². The number of carbonyl (C=O) groups is 1. The summed E-state index contributed by atoms with van der Waals surface area (Å²) in [6, 6.07) is 8.96. The van der Waals surface area contributed by atoms with Crippen molar-refractivity contribution in [3.63, 3.8) is 0 Å². The van der Waals surface area contributed by atoms with E-state index in [9.17, 15) is 13.2 Å². The summed E-state index contributed by atoms with van der Waals surface area (Å²) in [5, 5.41) is 0. The van der Waals surface area contributed by atoms with E-state index >= 15 is 0 Å². The summed E-state index contributed by atoms with van der Waals surface area (Å²) in [6.45, 7) is 0.613. The van der Waals surface area contributed by atoms with Gasteiger partial charge < -0.3 is 9.47 Å². The lowest BCUT2D eigenvalue weighted by atomic mass is 10.2. The predicted molar refractivity (Wildman–Crippen MR) is 73.2 cm³/mol. The number of carbonyl (C=O) groups excluding carboxylic acids is 1. The number of amides is 1. The standard InChI is InChI=1S/C12H18N2O5S/c1-18-9-5-8-13-20(16,17)14-12(15)19-10-11-6-3-2-4-7-11/h2-4,6-7,13H,5,8-10H2,1H3,(H,14,15). The minimum Gasteiger partial charge on any atom is -0.444 e. The topological polar surface area (TPSA) is 93.7 Å². The lowest BCUT2D eigenvalue weighted by Gasteiger charge is -2.09. The van der Waals surface area contributed by atoms with Crippen LogP contribution in [0.4, 0.5) is 4.79 Å². The normalized spacial score (nSPS) is 11.1. The second-order valence-corrected chi connectivity index (χ2v) is 5.41. The van der Waals surface area contributed by atoms with Crippen LogP contribution in [-0.4, -0.2) is 34.8 Å². The van der Waals surface area contributed by atoms with Crippen molar-refractivity contribution in [2.75, 3.05) is 20.3 Å². The molecule has 0 aliphatic carbocycles. The van der Waals surface area contributed by atoms with Crippen LogP contribution in [-0.2, 0) is 26.3 Å². The molecule has 1 aromatic rings. The molecule has 2 N–H and O–H groups in total. The van der Waals surface area contributed by atoms with Gasteiger partial charge in [-0.15, -0.1) is 0 Å². The van der Waals surface area contributed by atoms with Crippen LogP contribution in [0.3, 0.4) is 0 Å². The Kier molecular flexibility index (Phi) is 6.99. The molecular formula is C12H18N2O5S. The minimum atomic E-state index is -3.90. The van der Waals surface area contributed by atoms with Gasteiger partial charge in [0.15, 0.2) is 0 Å². The molecule has 0 heterocycles. The third kappa shape index (κ3) is 7.07. The van der Waals surface area contributed by atoms with E-state index in [0.29, 0.717) is 13.0 Å². The number of ether oxygens (including phenoxy) is 2. The first-order chi connectivity index (χ1) is 9.53. The van der Waals surface area contributed by atoms with E-state index in [1.165, 1.54) is 7.11 Å². The summed E-state index contributed by atoms with van der Waals surface area (Å²) in [4.78, 5) is 11.3. The van der Waals surface area contributed by atoms with Crippen molar-refractivity contribution in [3.05, 3.63) is 35.9 Å². The highest BCUT2D eigenvalue weighted by Crippen LogP contribution is 2.00. The van der Waals surface area contributed by atoms with E-state index in [4.69, 9.17) is 9.47 Å². The van der Waals surface area contributed by atoms with Gasteiger partial charge in [0.25, 0.3) is 0 Å². The molecule has 0 aliphatic heterocycles. The van der Waals surface area contributed by atoms with Crippen molar-refractivity contribution in [1.82, 2.24) is 9.44 Å². The lowest BCUT2D eigenvalue weighted by molar-refractivity contribution is 0.146. The molecule has 0 atom stereocenters. The fourth-order valence-corrected chi connectivity index (χ4v) is 2.08. The highest BCUT2D eigenvalue weighted by atomic mass is 32.2. The summed E-state index contributed by atoms with van der Waals surface area (Å²) >= 11 is 0. The van der Waals surface area contributed by atoms with Crippen molar-refractivity contribution in [1.29, 1.82) is 0 Å². The Hall–Kier alpha value is -1.64. The van der Waals surface area contributed by atoms with Gasteiger partial charge in [0.2, 0.25) is 0 Å². The van der Waals surface area contributed by atoms with Gasteiger partial charge in [0.1, 0.15) is 6.61 Å². The maximum absolute atomic E-state index is 11.5. The third-order valence-corrected chi connectivity index (χ3v) is 3.27. The zero-order chi connectivity index (χ0) is 14.8. The molecule has 0 aliphatic rings. The molecule has 0 aromatic heterocycles. The molecule has 7 nitrogen and oxygen atoms in total. The van der Waals surface area contributed by atoms with E-state index < -0.39 is 16.3 Å². The fourth-order valence-electron chi connectivity index (χ4n) is 1.32. The Bertz CT molecular complexity index is 504. The largest absolute Gasteiger partial charge is 0.444 e. The minimum absolute atomic E-state index is 0.00582. The van der Waals surface area contributed by atoms with Gasteiger partial charge in [-0.2, -0.15) is 13.1 Å². The van der Waals surface area contributed by atoms with Crippen LogP contribution in [0.1, 0.15) is 12.0 Å². The second-order valence-electron chi connectivity index (χ2n) is 3.91. The Morgan fingerprint density at radius 2 is 1.95 bits per heavy atom. The third-order valence-electron chi connectivity index (χ3n) is 2.25. The summed E-state index contributed by atoms with van der Waals surface area (Å²) in [5.41, 5.74) is 0.771. The van der Waals surface area contributed by atoms with E-state index in [-0.39, 0.29) is 13.2 Å². The molecule has 1 rings (SSSR count). The average Bonchev–Trinajstić information content (AvgIpc) is 2.42. The van der Waals surface area contributed by atoms with Gasteiger partial charge in [-0.25, -0.2) is 9.52 Å². The quantitative estimate of drug-likeness (QED) is 0.692. The predicted octanol–water partition coefficient (Wildman–Crippen LogP) is 0.784. The number of methoxy groups -OCH3 is 1. The van der Waals surface area contributed by atoms with Gasteiger partial charge in [-0.1, -0.05) is 30.3 Å². The summed E-state index contributed by atoms with van der Waals surface area (Å²) in [5.74, 6) is 0. The number of benzene rings is 1. The van der Waals surface area contributed by atoms with Crippen molar-refractivity contribution < 1.29 is 22.7 Å². The zero-order valence-corrected chi connectivity index (χ0v) is 12.0. The molecular weight excluding hydrogens is 284 g/mol. The number of hydrogen-bond acceptors (Lipinski definition) is 5. The molecule has 1 amide bonds. The van der Waals surface area contributed by atoms with E-state index in [2.05, 4.69) is 4.72 Å². The number of rotatable bonds is 8. The maximum Gasteiger partial charge on any atom is 0.422 e. The van der Waals surface area contributed by atoms with E-state index in [0.717, 1.165) is 5.56 Å². The number of nitrogens with one attached hydrogen (secondary N) is 2. The SMILES string of the molecule is COCCCNS(=O)(=O)NC(=O)OCc1ccccc1. The van der Waals surface area contributed by atoms with Crippen molar-refractivity contribution in [2.24, 2.45) is 0 Å². The highest BCUT2D eigenvalue weighted by molar-refractivity contribution is 7.88. The van der Waals surface area contributed by atoms with E-state index in [1.807, 2.05) is 6.07 Å². The van der Waals surface area contributed by atoms with Crippen LogP contribution in [0.2, 0.25) is 0 Å². The molecule has 0 radical (unpaired) electrons. The van der Waals surface area contributed by atoms with Crippen molar-refractivity contribution in [2.45, 2.75) is 13.0 Å². The molecule has 112 valence electrons. The van der Waals surface area contributed by atoms with Crippen molar-refractivity contribution >= 4 is 16.3 Å². The Labute approximate surface area is 118 Å². The molecule has 8 heteroatoms. The van der Waals surface area contributed by atoms with Crippen LogP contribution in [0.25, 0.3) is 0 Å². The smallest absolute Gasteiger partial charge is 0.422 e. The van der Waals surface area contributed by atoms with Gasteiger partial charge in [0, 0.05) is 20.3 Å². The van der Waals surface area contributed by atoms with Crippen LogP contribution in [0, 0.1) is 0 Å². The molecule has 0 fully saturated rings. The molecule has 1 aromatic carbocycles. The molecule has 20 heavy (non-hydrogen) atoms. The van der Waals surface area contributed by atoms with Crippen LogP contribution in [0.5, 0.6) is 0 Å². The fraction of sp³-hybridized carbons (Fsp3) is 0.417. The Morgan fingerprint density at radius 1 is 1.25 bits per heavy atom. The molecule has 0 saturated heterocycles. The Balaban J connectivity index is 2.30. The van der Waals surface area contributed by atoms with Crippen LogP contribution < -0.4 is 9.44 Å². The lowest BCUT2D eigenvalue weighted by Crippen LogP contribution is -2.41. The first-order valence-electron chi connectivity index (χ1n) is 6.00. The van der Waals surface area contributed by atoms with Gasteiger partial charge in [-0.3, -0.25) is 0 Å². The summed E-state index contributed by atoms with van der Waals surface area (Å²) in [6.07, 6.45) is -0.510. The molecule has 0 saturated carbocycles. The summed E-state index contributed by atoms with van der Waals surface area (Å²) < 4.78 is 36.4. The molecule has 0 spiro atoms. The first-order valence-corrected chi connectivity index (χ1v) is 7.49. The van der Waals surface area contributed by atoms with E-state index in [1.54, 1.807) is 29.0 Å². The zero-order valence-electron chi connectivity index (χ0n) is 11.2. The second kappa shape index (κ2) is 8.51. The van der Waals surface area contributed by atoms with Gasteiger partial charge in [-0.05, 0) is 12.0 Å². The van der Waals surface area contributed by atoms with Gasteiger partial charge in [0.05, 0.1) is 0 Å². The number of hydrogen-bond donors (Lipinski definition) is 2. The molecule has 0 bridgehead atoms. The first kappa shape index (κ1) is 16.4. The average molecular weight is 302 g/mol. The monoisotopic (exact) mass is 302 g/mol.